The van der Waals surface area contributed by atoms with Crippen LogP contribution in [-0.4, -0.2) is 24.4 Å². The standard InChI is InChI=1S/C21H18N2O2/c24-20-13-16(14-23(20)17-9-2-1-3-10-17)22-21(25)19-12-6-8-15-7-4-5-11-18(15)19/h1-12,16H,13-14H2,(H,22,25)/t16-/m1/s1. The lowest BCUT2D eigenvalue weighted by Gasteiger charge is -2.17. The van der Waals surface area contributed by atoms with Gasteiger partial charge in [-0.15, -0.1) is 0 Å². The van der Waals surface area contributed by atoms with E-state index in [1.165, 1.54) is 0 Å². The van der Waals surface area contributed by atoms with E-state index in [0.717, 1.165) is 16.5 Å². The molecule has 1 N–H and O–H groups in total. The van der Waals surface area contributed by atoms with E-state index in [1.807, 2.05) is 72.8 Å². The van der Waals surface area contributed by atoms with Gasteiger partial charge in [-0.05, 0) is 29.0 Å². The molecular formula is C21H18N2O2. The van der Waals surface area contributed by atoms with Crippen LogP contribution in [0.25, 0.3) is 10.8 Å². The van der Waals surface area contributed by atoms with Gasteiger partial charge in [-0.25, -0.2) is 0 Å². The van der Waals surface area contributed by atoms with Gasteiger partial charge in [-0.1, -0.05) is 54.6 Å². The number of para-hydroxylation sites is 1. The van der Waals surface area contributed by atoms with Gasteiger partial charge in [0.1, 0.15) is 0 Å². The van der Waals surface area contributed by atoms with Crippen molar-refractivity contribution in [2.75, 3.05) is 11.4 Å². The molecule has 4 nitrogen and oxygen atoms in total. The van der Waals surface area contributed by atoms with Gasteiger partial charge in [0.15, 0.2) is 0 Å². The fraction of sp³-hybridized carbons (Fsp3) is 0.143. The molecule has 1 fully saturated rings. The predicted molar refractivity (Wildman–Crippen MR) is 98.6 cm³/mol. The van der Waals surface area contributed by atoms with Crippen molar-refractivity contribution in [1.82, 2.24) is 5.32 Å². The number of benzene rings is 3. The van der Waals surface area contributed by atoms with Crippen molar-refractivity contribution in [3.05, 3.63) is 78.4 Å². The minimum atomic E-state index is -0.181. The SMILES string of the molecule is O=C(N[C@@H]1CC(=O)N(c2ccccc2)C1)c1cccc2ccccc12. The molecule has 0 radical (unpaired) electrons. The van der Waals surface area contributed by atoms with Crippen LogP contribution in [0.1, 0.15) is 16.8 Å². The second kappa shape index (κ2) is 6.40. The van der Waals surface area contributed by atoms with E-state index in [0.29, 0.717) is 18.5 Å². The van der Waals surface area contributed by atoms with E-state index >= 15 is 0 Å². The molecule has 1 saturated heterocycles. The van der Waals surface area contributed by atoms with Crippen LogP contribution in [0.3, 0.4) is 0 Å². The third-order valence-corrected chi connectivity index (χ3v) is 4.56. The lowest BCUT2D eigenvalue weighted by molar-refractivity contribution is -0.117. The van der Waals surface area contributed by atoms with Crippen molar-refractivity contribution in [3.8, 4) is 0 Å². The van der Waals surface area contributed by atoms with Gasteiger partial charge in [-0.3, -0.25) is 9.59 Å². The van der Waals surface area contributed by atoms with Crippen molar-refractivity contribution in [2.24, 2.45) is 0 Å². The first-order chi connectivity index (χ1) is 12.2. The fourth-order valence-corrected chi connectivity index (χ4v) is 3.35. The Labute approximate surface area is 146 Å². The molecular weight excluding hydrogens is 312 g/mol. The number of nitrogens with one attached hydrogen (secondary N) is 1. The molecule has 0 unspecified atom stereocenters. The molecule has 0 saturated carbocycles. The molecule has 1 aliphatic rings. The monoisotopic (exact) mass is 330 g/mol. The van der Waals surface area contributed by atoms with Crippen LogP contribution in [0.4, 0.5) is 5.69 Å². The van der Waals surface area contributed by atoms with Gasteiger partial charge in [0.25, 0.3) is 5.91 Å². The van der Waals surface area contributed by atoms with Crippen molar-refractivity contribution in [2.45, 2.75) is 12.5 Å². The first-order valence-corrected chi connectivity index (χ1v) is 8.36. The Morgan fingerprint density at radius 3 is 2.48 bits per heavy atom. The van der Waals surface area contributed by atoms with Gasteiger partial charge < -0.3 is 10.2 Å². The number of rotatable bonds is 3. The second-order valence-corrected chi connectivity index (χ2v) is 6.24. The molecule has 3 aromatic carbocycles. The quantitative estimate of drug-likeness (QED) is 0.800. The number of amides is 2. The highest BCUT2D eigenvalue weighted by Crippen LogP contribution is 2.22. The summed E-state index contributed by atoms with van der Waals surface area (Å²) < 4.78 is 0. The number of anilines is 1. The lowest BCUT2D eigenvalue weighted by Crippen LogP contribution is -2.37. The molecule has 3 aromatic rings. The molecule has 124 valence electrons. The summed E-state index contributed by atoms with van der Waals surface area (Å²) in [7, 11) is 0. The molecule has 1 atom stereocenters. The van der Waals surface area contributed by atoms with Crippen LogP contribution in [0, 0.1) is 0 Å². The lowest BCUT2D eigenvalue weighted by atomic mass is 10.0. The zero-order chi connectivity index (χ0) is 17.2. The average molecular weight is 330 g/mol. The molecule has 0 bridgehead atoms. The van der Waals surface area contributed by atoms with Gasteiger partial charge in [0.2, 0.25) is 5.91 Å². The Balaban J connectivity index is 1.53. The first-order valence-electron chi connectivity index (χ1n) is 8.36. The van der Waals surface area contributed by atoms with Crippen molar-refractivity contribution in [1.29, 1.82) is 0 Å². The van der Waals surface area contributed by atoms with E-state index in [1.54, 1.807) is 4.90 Å². The summed E-state index contributed by atoms with van der Waals surface area (Å²) in [5, 5.41) is 4.97. The predicted octanol–water partition coefficient (Wildman–Crippen LogP) is 3.38. The van der Waals surface area contributed by atoms with Crippen molar-refractivity contribution >= 4 is 28.3 Å². The summed E-state index contributed by atoms with van der Waals surface area (Å²) in [6, 6.07) is 22.9. The van der Waals surface area contributed by atoms with Gasteiger partial charge in [0.05, 0.1) is 6.04 Å². The maximum absolute atomic E-state index is 12.7. The highest BCUT2D eigenvalue weighted by Gasteiger charge is 2.31. The second-order valence-electron chi connectivity index (χ2n) is 6.24. The first kappa shape index (κ1) is 15.4. The maximum Gasteiger partial charge on any atom is 0.252 e. The summed E-state index contributed by atoms with van der Waals surface area (Å²) in [6.07, 6.45) is 0.325. The number of hydrogen-bond donors (Lipinski definition) is 1. The van der Waals surface area contributed by atoms with E-state index in [4.69, 9.17) is 0 Å². The molecule has 4 heteroatoms. The van der Waals surface area contributed by atoms with Crippen LogP contribution in [0.5, 0.6) is 0 Å². The third-order valence-electron chi connectivity index (χ3n) is 4.56. The number of hydrogen-bond acceptors (Lipinski definition) is 2. The molecule has 1 heterocycles. The molecule has 0 spiro atoms. The summed E-state index contributed by atoms with van der Waals surface area (Å²) in [5.74, 6) is -0.0982. The van der Waals surface area contributed by atoms with Crippen LogP contribution < -0.4 is 10.2 Å². The number of carbonyl (C=O) groups excluding carboxylic acids is 2. The average Bonchev–Trinajstić information content (AvgIpc) is 3.02. The fourth-order valence-electron chi connectivity index (χ4n) is 3.35. The van der Waals surface area contributed by atoms with E-state index < -0.39 is 0 Å². The van der Waals surface area contributed by atoms with Crippen LogP contribution >= 0.6 is 0 Å². The van der Waals surface area contributed by atoms with Gasteiger partial charge >= 0.3 is 0 Å². The number of nitrogens with zero attached hydrogens (tertiary/aromatic N) is 1. The zero-order valence-corrected chi connectivity index (χ0v) is 13.7. The minimum absolute atomic E-state index is 0.0365. The largest absolute Gasteiger partial charge is 0.347 e. The molecule has 2 amide bonds. The molecule has 25 heavy (non-hydrogen) atoms. The summed E-state index contributed by atoms with van der Waals surface area (Å²) >= 11 is 0. The highest BCUT2D eigenvalue weighted by atomic mass is 16.2. The van der Waals surface area contributed by atoms with Crippen molar-refractivity contribution in [3.63, 3.8) is 0 Å². The summed E-state index contributed by atoms with van der Waals surface area (Å²) in [5.41, 5.74) is 1.51. The normalized spacial score (nSPS) is 17.0. The Morgan fingerprint density at radius 1 is 0.920 bits per heavy atom. The van der Waals surface area contributed by atoms with Crippen LogP contribution in [0.2, 0.25) is 0 Å². The van der Waals surface area contributed by atoms with Crippen molar-refractivity contribution < 1.29 is 9.59 Å². The summed E-state index contributed by atoms with van der Waals surface area (Å²) in [4.78, 5) is 26.7. The zero-order valence-electron chi connectivity index (χ0n) is 13.7. The third kappa shape index (κ3) is 2.98. The highest BCUT2D eigenvalue weighted by molar-refractivity contribution is 6.07. The summed E-state index contributed by atoms with van der Waals surface area (Å²) in [6.45, 7) is 0.499. The smallest absolute Gasteiger partial charge is 0.252 e. The van der Waals surface area contributed by atoms with E-state index in [2.05, 4.69) is 5.32 Å². The number of fused-ring (bicyclic) bond motifs is 1. The Hall–Kier alpha value is -3.14. The molecule has 0 aromatic heterocycles. The van der Waals surface area contributed by atoms with E-state index in [9.17, 15) is 9.59 Å². The van der Waals surface area contributed by atoms with E-state index in [-0.39, 0.29) is 17.9 Å². The van der Waals surface area contributed by atoms with Crippen LogP contribution in [-0.2, 0) is 4.79 Å². The molecule has 0 aliphatic carbocycles. The maximum atomic E-state index is 12.7. The minimum Gasteiger partial charge on any atom is -0.347 e. The molecule has 4 rings (SSSR count). The Morgan fingerprint density at radius 2 is 1.64 bits per heavy atom. The Kier molecular flexibility index (Phi) is 3.94. The van der Waals surface area contributed by atoms with Gasteiger partial charge in [-0.2, -0.15) is 0 Å². The van der Waals surface area contributed by atoms with Gasteiger partial charge in [0, 0.05) is 24.2 Å². The molecule has 1 aliphatic heterocycles. The number of carbonyl (C=O) groups is 2. The Bertz CT molecular complexity index is 932. The topological polar surface area (TPSA) is 49.4 Å². The van der Waals surface area contributed by atoms with Crippen LogP contribution in [0.15, 0.2) is 72.8 Å².